The third-order valence-electron chi connectivity index (χ3n) is 4.25. The molecule has 2 aromatic carbocycles. The van der Waals surface area contributed by atoms with Gasteiger partial charge in [0.05, 0.1) is 0 Å². The Balaban J connectivity index is 1.61. The van der Waals surface area contributed by atoms with Crippen molar-refractivity contribution in [2.75, 3.05) is 16.0 Å². The zero-order chi connectivity index (χ0) is 18.7. The number of rotatable bonds is 5. The smallest absolute Gasteiger partial charge is 0.316 e. The first kappa shape index (κ1) is 17.5. The van der Waals surface area contributed by atoms with Gasteiger partial charge < -0.3 is 21.7 Å². The monoisotopic (exact) mass is 352 g/mol. The molecule has 0 spiro atoms. The number of amides is 4. The van der Waals surface area contributed by atoms with Gasteiger partial charge in [0.25, 0.3) is 5.91 Å². The maximum Gasteiger partial charge on any atom is 0.316 e. The predicted octanol–water partition coefficient (Wildman–Crippen LogP) is 3.02. The molecule has 134 valence electrons. The minimum absolute atomic E-state index is 0.0217. The molecule has 1 aliphatic carbocycles. The fourth-order valence-electron chi connectivity index (χ4n) is 2.65. The SMILES string of the molecule is C[C@@H]1C[C@@H]1C(=O)Nc1ccc(C(=O)Nc2cccc(NC(N)=O)c2)cc1. The first-order valence-electron chi connectivity index (χ1n) is 8.31. The molecule has 0 saturated heterocycles. The zero-order valence-electron chi connectivity index (χ0n) is 14.3. The van der Waals surface area contributed by atoms with Crippen LogP contribution in [-0.4, -0.2) is 17.8 Å². The fraction of sp³-hybridized carbons (Fsp3) is 0.211. The van der Waals surface area contributed by atoms with Gasteiger partial charge in [0.2, 0.25) is 5.91 Å². The summed E-state index contributed by atoms with van der Waals surface area (Å²) >= 11 is 0. The summed E-state index contributed by atoms with van der Waals surface area (Å²) in [4.78, 5) is 35.1. The number of primary amides is 1. The van der Waals surface area contributed by atoms with Crippen LogP contribution >= 0.6 is 0 Å². The highest BCUT2D eigenvalue weighted by Crippen LogP contribution is 2.38. The van der Waals surface area contributed by atoms with E-state index in [0.29, 0.717) is 28.5 Å². The lowest BCUT2D eigenvalue weighted by Crippen LogP contribution is -2.19. The number of anilines is 3. The topological polar surface area (TPSA) is 113 Å². The number of carbonyl (C=O) groups is 3. The van der Waals surface area contributed by atoms with Crippen LogP contribution in [0, 0.1) is 11.8 Å². The van der Waals surface area contributed by atoms with E-state index in [4.69, 9.17) is 5.73 Å². The van der Waals surface area contributed by atoms with E-state index < -0.39 is 6.03 Å². The van der Waals surface area contributed by atoms with E-state index >= 15 is 0 Å². The molecule has 26 heavy (non-hydrogen) atoms. The van der Waals surface area contributed by atoms with Crippen LogP contribution in [0.4, 0.5) is 21.9 Å². The number of hydrogen-bond acceptors (Lipinski definition) is 3. The van der Waals surface area contributed by atoms with Crippen molar-refractivity contribution in [2.45, 2.75) is 13.3 Å². The van der Waals surface area contributed by atoms with Crippen molar-refractivity contribution in [1.82, 2.24) is 0 Å². The van der Waals surface area contributed by atoms with E-state index in [9.17, 15) is 14.4 Å². The second-order valence-electron chi connectivity index (χ2n) is 6.41. The van der Waals surface area contributed by atoms with Crippen molar-refractivity contribution in [3.63, 3.8) is 0 Å². The molecule has 0 aliphatic heterocycles. The Morgan fingerprint density at radius 2 is 1.54 bits per heavy atom. The van der Waals surface area contributed by atoms with Gasteiger partial charge in [0.1, 0.15) is 0 Å². The molecule has 3 rings (SSSR count). The lowest BCUT2D eigenvalue weighted by molar-refractivity contribution is -0.117. The van der Waals surface area contributed by atoms with E-state index in [1.165, 1.54) is 0 Å². The van der Waals surface area contributed by atoms with Crippen molar-refractivity contribution < 1.29 is 14.4 Å². The highest BCUT2D eigenvalue weighted by atomic mass is 16.2. The zero-order valence-corrected chi connectivity index (χ0v) is 14.3. The average molecular weight is 352 g/mol. The lowest BCUT2D eigenvalue weighted by atomic mass is 10.1. The Morgan fingerprint density at radius 3 is 2.12 bits per heavy atom. The van der Waals surface area contributed by atoms with Gasteiger partial charge >= 0.3 is 6.03 Å². The van der Waals surface area contributed by atoms with Gasteiger partial charge in [0.15, 0.2) is 0 Å². The predicted molar refractivity (Wildman–Crippen MR) is 99.9 cm³/mol. The van der Waals surface area contributed by atoms with Crippen molar-refractivity contribution in [3.05, 3.63) is 54.1 Å². The van der Waals surface area contributed by atoms with Crippen molar-refractivity contribution >= 4 is 34.9 Å². The molecular weight excluding hydrogens is 332 g/mol. The summed E-state index contributed by atoms with van der Waals surface area (Å²) in [5, 5.41) is 8.05. The van der Waals surface area contributed by atoms with E-state index in [0.717, 1.165) is 6.42 Å². The Bertz CT molecular complexity index is 848. The second-order valence-corrected chi connectivity index (χ2v) is 6.41. The van der Waals surface area contributed by atoms with Crippen LogP contribution < -0.4 is 21.7 Å². The molecule has 2 atom stereocenters. The highest BCUT2D eigenvalue weighted by molar-refractivity contribution is 6.05. The quantitative estimate of drug-likeness (QED) is 0.663. The van der Waals surface area contributed by atoms with E-state index in [1.54, 1.807) is 48.5 Å². The first-order valence-corrected chi connectivity index (χ1v) is 8.31. The van der Waals surface area contributed by atoms with Crippen LogP contribution in [0.3, 0.4) is 0 Å². The van der Waals surface area contributed by atoms with Gasteiger partial charge in [-0.2, -0.15) is 0 Å². The molecule has 5 N–H and O–H groups in total. The highest BCUT2D eigenvalue weighted by Gasteiger charge is 2.39. The maximum atomic E-state index is 12.3. The molecule has 0 radical (unpaired) electrons. The standard InChI is InChI=1S/C19H20N4O3/c1-11-9-16(11)18(25)21-13-7-5-12(6-8-13)17(24)22-14-3-2-4-15(10-14)23-19(20)26/h2-8,10-11,16H,9H2,1H3,(H,21,25)(H,22,24)(H3,20,23,26)/t11-,16+/m1/s1. The molecule has 0 bridgehead atoms. The minimum Gasteiger partial charge on any atom is -0.351 e. The first-order chi connectivity index (χ1) is 12.4. The van der Waals surface area contributed by atoms with Crippen LogP contribution in [0.1, 0.15) is 23.7 Å². The van der Waals surface area contributed by atoms with Gasteiger partial charge in [-0.15, -0.1) is 0 Å². The summed E-state index contributed by atoms with van der Waals surface area (Å²) in [6, 6.07) is 12.7. The van der Waals surface area contributed by atoms with Crippen LogP contribution in [0.5, 0.6) is 0 Å². The van der Waals surface area contributed by atoms with Crippen LogP contribution in [0.25, 0.3) is 0 Å². The van der Waals surface area contributed by atoms with Crippen molar-refractivity contribution in [3.8, 4) is 0 Å². The largest absolute Gasteiger partial charge is 0.351 e. The summed E-state index contributed by atoms with van der Waals surface area (Å²) in [6.45, 7) is 2.05. The van der Waals surface area contributed by atoms with E-state index in [2.05, 4.69) is 16.0 Å². The summed E-state index contributed by atoms with van der Waals surface area (Å²) < 4.78 is 0. The summed E-state index contributed by atoms with van der Waals surface area (Å²) in [5.74, 6) is 0.266. The third kappa shape index (κ3) is 4.38. The van der Waals surface area contributed by atoms with Crippen LogP contribution in [-0.2, 0) is 4.79 Å². The Kier molecular flexibility index (Phi) is 4.88. The molecule has 0 aromatic heterocycles. The fourth-order valence-corrected chi connectivity index (χ4v) is 2.65. The number of urea groups is 1. The van der Waals surface area contributed by atoms with Gasteiger partial charge in [-0.3, -0.25) is 9.59 Å². The number of benzene rings is 2. The van der Waals surface area contributed by atoms with Gasteiger partial charge in [-0.1, -0.05) is 13.0 Å². The number of nitrogens with two attached hydrogens (primary N) is 1. The Hall–Kier alpha value is -3.35. The average Bonchev–Trinajstić information content (AvgIpc) is 3.32. The maximum absolute atomic E-state index is 12.3. The molecule has 4 amide bonds. The number of hydrogen-bond donors (Lipinski definition) is 4. The molecule has 1 saturated carbocycles. The van der Waals surface area contributed by atoms with Gasteiger partial charge in [-0.25, -0.2) is 4.79 Å². The molecule has 0 unspecified atom stereocenters. The van der Waals surface area contributed by atoms with Gasteiger partial charge in [-0.05, 0) is 54.8 Å². The summed E-state index contributed by atoms with van der Waals surface area (Å²) in [5.41, 5.74) is 7.22. The second kappa shape index (κ2) is 7.26. The van der Waals surface area contributed by atoms with Crippen molar-refractivity contribution in [2.24, 2.45) is 17.6 Å². The molecular formula is C19H20N4O3. The number of nitrogens with one attached hydrogen (secondary N) is 3. The third-order valence-corrected chi connectivity index (χ3v) is 4.25. The van der Waals surface area contributed by atoms with E-state index in [-0.39, 0.29) is 17.7 Å². The molecule has 1 fully saturated rings. The molecule has 1 aliphatic rings. The summed E-state index contributed by atoms with van der Waals surface area (Å²) in [7, 11) is 0. The molecule has 2 aromatic rings. The van der Waals surface area contributed by atoms with Crippen LogP contribution in [0.15, 0.2) is 48.5 Å². The lowest BCUT2D eigenvalue weighted by Gasteiger charge is -2.09. The van der Waals surface area contributed by atoms with Crippen LogP contribution in [0.2, 0.25) is 0 Å². The Morgan fingerprint density at radius 1 is 0.923 bits per heavy atom. The Labute approximate surface area is 151 Å². The molecule has 7 nitrogen and oxygen atoms in total. The van der Waals surface area contributed by atoms with Gasteiger partial charge in [0, 0.05) is 28.5 Å². The minimum atomic E-state index is -0.674. The molecule has 7 heteroatoms. The normalized spacial score (nSPS) is 17.9. The van der Waals surface area contributed by atoms with Crippen molar-refractivity contribution in [1.29, 1.82) is 0 Å². The summed E-state index contributed by atoms with van der Waals surface area (Å²) in [6.07, 6.45) is 0.927. The van der Waals surface area contributed by atoms with E-state index in [1.807, 2.05) is 6.92 Å². The molecule has 0 heterocycles. The number of carbonyl (C=O) groups excluding carboxylic acids is 3.